The molecule has 0 amide bonds. The highest BCUT2D eigenvalue weighted by atomic mass is 19.1. The molecule has 3 heteroatoms. The molecule has 0 aromatic heterocycles. The third-order valence-electron chi connectivity index (χ3n) is 3.57. The highest BCUT2D eigenvalue weighted by molar-refractivity contribution is 5.65. The van der Waals surface area contributed by atoms with E-state index in [0.29, 0.717) is 11.3 Å². The van der Waals surface area contributed by atoms with Crippen LogP contribution in [0.4, 0.5) is 4.39 Å². The number of hydrogen-bond donors (Lipinski definition) is 1. The number of hydrogen-bond acceptors (Lipinski definition) is 2. The van der Waals surface area contributed by atoms with Crippen molar-refractivity contribution < 1.29 is 9.13 Å². The van der Waals surface area contributed by atoms with Crippen LogP contribution in [-0.2, 0) is 0 Å². The first-order valence-electron chi connectivity index (χ1n) is 7.33. The number of ether oxygens (including phenoxy) is 1. The molecule has 2 nitrogen and oxygen atoms in total. The lowest BCUT2D eigenvalue weighted by Crippen LogP contribution is -2.19. The fourth-order valence-corrected chi connectivity index (χ4v) is 2.31. The van der Waals surface area contributed by atoms with E-state index in [0.717, 1.165) is 24.1 Å². The van der Waals surface area contributed by atoms with Crippen molar-refractivity contribution in [1.29, 1.82) is 0 Å². The van der Waals surface area contributed by atoms with Gasteiger partial charge >= 0.3 is 0 Å². The Morgan fingerprint density at radius 2 is 2.00 bits per heavy atom. The van der Waals surface area contributed by atoms with Gasteiger partial charge in [-0.25, -0.2) is 4.39 Å². The summed E-state index contributed by atoms with van der Waals surface area (Å²) in [6, 6.07) is 13.2. The molecule has 0 saturated heterocycles. The lowest BCUT2D eigenvalue weighted by atomic mass is 9.99. The Morgan fingerprint density at radius 1 is 1.19 bits per heavy atom. The molecule has 1 atom stereocenters. The first-order chi connectivity index (χ1) is 10.2. The molecule has 0 aliphatic heterocycles. The SMILES string of the molecule is CCCNC(C)c1cccc(-c2ccc(OC)cc2F)c1. The van der Waals surface area contributed by atoms with Crippen LogP contribution in [0.3, 0.4) is 0 Å². The highest BCUT2D eigenvalue weighted by Gasteiger charge is 2.09. The zero-order chi connectivity index (χ0) is 15.2. The van der Waals surface area contributed by atoms with Crippen LogP contribution in [-0.4, -0.2) is 13.7 Å². The summed E-state index contributed by atoms with van der Waals surface area (Å²) in [5.74, 6) is 0.269. The zero-order valence-electron chi connectivity index (χ0n) is 12.8. The van der Waals surface area contributed by atoms with Crippen molar-refractivity contribution in [2.75, 3.05) is 13.7 Å². The molecular weight excluding hydrogens is 265 g/mol. The average molecular weight is 287 g/mol. The quantitative estimate of drug-likeness (QED) is 0.840. The number of nitrogens with one attached hydrogen (secondary N) is 1. The van der Waals surface area contributed by atoms with E-state index >= 15 is 0 Å². The normalized spacial score (nSPS) is 12.2. The Bertz CT molecular complexity index is 598. The Kier molecular flexibility index (Phi) is 5.34. The molecule has 0 heterocycles. The highest BCUT2D eigenvalue weighted by Crippen LogP contribution is 2.28. The minimum Gasteiger partial charge on any atom is -0.497 e. The van der Waals surface area contributed by atoms with Crippen LogP contribution in [0.5, 0.6) is 5.75 Å². The first kappa shape index (κ1) is 15.5. The molecule has 0 saturated carbocycles. The van der Waals surface area contributed by atoms with Crippen molar-refractivity contribution in [3.8, 4) is 16.9 Å². The number of benzene rings is 2. The van der Waals surface area contributed by atoms with Crippen LogP contribution in [0.2, 0.25) is 0 Å². The molecule has 2 rings (SSSR count). The molecule has 0 aliphatic rings. The fraction of sp³-hybridized carbons (Fsp3) is 0.333. The molecule has 2 aromatic carbocycles. The summed E-state index contributed by atoms with van der Waals surface area (Å²) in [4.78, 5) is 0. The van der Waals surface area contributed by atoms with Crippen molar-refractivity contribution in [1.82, 2.24) is 5.32 Å². The lowest BCUT2D eigenvalue weighted by Gasteiger charge is -2.15. The van der Waals surface area contributed by atoms with Gasteiger partial charge in [0.2, 0.25) is 0 Å². The summed E-state index contributed by atoms with van der Waals surface area (Å²) in [6.07, 6.45) is 1.09. The number of halogens is 1. The summed E-state index contributed by atoms with van der Waals surface area (Å²) >= 11 is 0. The molecule has 112 valence electrons. The Balaban J connectivity index is 2.28. The van der Waals surface area contributed by atoms with E-state index in [1.165, 1.54) is 13.2 Å². The number of rotatable bonds is 6. The van der Waals surface area contributed by atoms with Crippen molar-refractivity contribution in [2.24, 2.45) is 0 Å². The maximum absolute atomic E-state index is 14.2. The maximum atomic E-state index is 14.2. The molecule has 0 aliphatic carbocycles. The van der Waals surface area contributed by atoms with E-state index in [2.05, 4.69) is 25.2 Å². The van der Waals surface area contributed by atoms with Gasteiger partial charge in [-0.15, -0.1) is 0 Å². The van der Waals surface area contributed by atoms with Gasteiger partial charge in [0, 0.05) is 17.7 Å². The summed E-state index contributed by atoms with van der Waals surface area (Å²) < 4.78 is 19.2. The summed E-state index contributed by atoms with van der Waals surface area (Å²) in [5, 5.41) is 3.45. The van der Waals surface area contributed by atoms with Crippen LogP contribution in [0.15, 0.2) is 42.5 Å². The molecule has 1 N–H and O–H groups in total. The van der Waals surface area contributed by atoms with Crippen molar-refractivity contribution in [3.05, 3.63) is 53.8 Å². The van der Waals surface area contributed by atoms with Gasteiger partial charge in [-0.3, -0.25) is 0 Å². The Labute approximate surface area is 126 Å². The average Bonchev–Trinajstić information content (AvgIpc) is 2.52. The summed E-state index contributed by atoms with van der Waals surface area (Å²) in [5.41, 5.74) is 2.65. The summed E-state index contributed by atoms with van der Waals surface area (Å²) in [7, 11) is 1.54. The zero-order valence-corrected chi connectivity index (χ0v) is 12.8. The minimum atomic E-state index is -0.263. The second kappa shape index (κ2) is 7.23. The molecule has 21 heavy (non-hydrogen) atoms. The predicted molar refractivity (Wildman–Crippen MR) is 85.1 cm³/mol. The van der Waals surface area contributed by atoms with Gasteiger partial charge in [0.05, 0.1) is 7.11 Å². The largest absolute Gasteiger partial charge is 0.497 e. The smallest absolute Gasteiger partial charge is 0.134 e. The van der Waals surface area contributed by atoms with E-state index in [9.17, 15) is 4.39 Å². The molecule has 0 fully saturated rings. The third-order valence-corrected chi connectivity index (χ3v) is 3.57. The minimum absolute atomic E-state index is 0.256. The second-order valence-corrected chi connectivity index (χ2v) is 5.15. The second-order valence-electron chi connectivity index (χ2n) is 5.15. The topological polar surface area (TPSA) is 21.3 Å². The monoisotopic (exact) mass is 287 g/mol. The van der Waals surface area contributed by atoms with Gasteiger partial charge in [0.1, 0.15) is 11.6 Å². The van der Waals surface area contributed by atoms with E-state index in [4.69, 9.17) is 4.74 Å². The van der Waals surface area contributed by atoms with Gasteiger partial charge in [-0.1, -0.05) is 25.1 Å². The van der Waals surface area contributed by atoms with E-state index in [-0.39, 0.29) is 11.9 Å². The maximum Gasteiger partial charge on any atom is 0.134 e. The molecule has 0 spiro atoms. The third kappa shape index (κ3) is 3.82. The van der Waals surface area contributed by atoms with Crippen LogP contribution >= 0.6 is 0 Å². The van der Waals surface area contributed by atoms with Crippen LogP contribution in [0, 0.1) is 5.82 Å². The van der Waals surface area contributed by atoms with Crippen molar-refractivity contribution in [2.45, 2.75) is 26.3 Å². The predicted octanol–water partition coefficient (Wildman–Crippen LogP) is 4.56. The first-order valence-corrected chi connectivity index (χ1v) is 7.33. The van der Waals surface area contributed by atoms with Gasteiger partial charge in [-0.05, 0) is 49.2 Å². The van der Waals surface area contributed by atoms with Gasteiger partial charge < -0.3 is 10.1 Å². The van der Waals surface area contributed by atoms with Gasteiger partial charge in [0.25, 0.3) is 0 Å². The fourth-order valence-electron chi connectivity index (χ4n) is 2.31. The van der Waals surface area contributed by atoms with Gasteiger partial charge in [-0.2, -0.15) is 0 Å². The molecular formula is C18H22FNO. The van der Waals surface area contributed by atoms with Crippen molar-refractivity contribution in [3.63, 3.8) is 0 Å². The number of methoxy groups -OCH3 is 1. The Morgan fingerprint density at radius 3 is 2.67 bits per heavy atom. The van der Waals surface area contributed by atoms with Crippen molar-refractivity contribution >= 4 is 0 Å². The van der Waals surface area contributed by atoms with Crippen LogP contribution in [0.25, 0.3) is 11.1 Å². The Hall–Kier alpha value is -1.87. The van der Waals surface area contributed by atoms with E-state index < -0.39 is 0 Å². The molecule has 0 radical (unpaired) electrons. The van der Waals surface area contributed by atoms with Crippen LogP contribution < -0.4 is 10.1 Å². The van der Waals surface area contributed by atoms with Gasteiger partial charge in [0.15, 0.2) is 0 Å². The molecule has 1 unspecified atom stereocenters. The molecule has 2 aromatic rings. The molecule has 0 bridgehead atoms. The van der Waals surface area contributed by atoms with Crippen LogP contribution in [0.1, 0.15) is 31.9 Å². The standard InChI is InChI=1S/C18H22FNO/c1-4-10-20-13(2)14-6-5-7-15(11-14)17-9-8-16(21-3)12-18(17)19/h5-9,11-13,20H,4,10H2,1-3H3. The van der Waals surface area contributed by atoms with E-state index in [1.54, 1.807) is 12.1 Å². The summed E-state index contributed by atoms with van der Waals surface area (Å²) in [6.45, 7) is 5.24. The van der Waals surface area contributed by atoms with E-state index in [1.807, 2.05) is 18.2 Å². The lowest BCUT2D eigenvalue weighted by molar-refractivity contribution is 0.411.